The fourth-order valence-electron chi connectivity index (χ4n) is 2.44. The Bertz CT molecular complexity index is 1240. The molecule has 0 radical (unpaired) electrons. The number of hydrogen-bond donors (Lipinski definition) is 4. The van der Waals surface area contributed by atoms with Crippen LogP contribution in [0.15, 0.2) is 25.9 Å². The smallest absolute Gasteiger partial charge is 0.273 e. The maximum absolute atomic E-state index is 13.0. The summed E-state index contributed by atoms with van der Waals surface area (Å²) < 4.78 is 39.1. The number of nitrogens with zero attached hydrogens (tertiary/aromatic N) is 4. The number of aromatic nitrogens is 3. The molecule has 1 saturated carbocycles. The molecule has 1 aliphatic rings. The normalized spacial score (nSPS) is 17.0. The highest BCUT2D eigenvalue weighted by Crippen LogP contribution is 2.32. The minimum Gasteiger partial charge on any atom is -0.383 e. The molecule has 0 saturated heterocycles. The first-order valence-corrected chi connectivity index (χ1v) is 11.4. The third-order valence-electron chi connectivity index (χ3n) is 4.30. The first-order valence-electron chi connectivity index (χ1n) is 10.1. The van der Waals surface area contributed by atoms with E-state index >= 15 is 0 Å². The Hall–Kier alpha value is -2.80. The van der Waals surface area contributed by atoms with Crippen LogP contribution in [0.3, 0.4) is 0 Å². The largest absolute Gasteiger partial charge is 0.383 e. The van der Waals surface area contributed by atoms with Crippen LogP contribution in [0.5, 0.6) is 0 Å². The average Bonchev–Trinajstić information content (AvgIpc) is 3.54. The molecule has 1 atom stereocenters. The number of nitrogens with two attached hydrogens (primary N) is 1. The lowest BCUT2D eigenvalue weighted by atomic mass is 10.2. The molecular formula is C17H21BrN8O3S. The molecule has 30 heavy (non-hydrogen) atoms. The van der Waals surface area contributed by atoms with Gasteiger partial charge in [-0.1, -0.05) is 0 Å². The van der Waals surface area contributed by atoms with Crippen LogP contribution in [0.4, 0.5) is 23.1 Å². The summed E-state index contributed by atoms with van der Waals surface area (Å²) in [4.78, 5) is 29.0. The maximum atomic E-state index is 13.0. The molecule has 1 fully saturated rings. The van der Waals surface area contributed by atoms with Gasteiger partial charge in [-0.2, -0.15) is 0 Å². The topological polar surface area (TPSA) is 164 Å². The molecule has 0 aromatic carbocycles. The van der Waals surface area contributed by atoms with Crippen molar-refractivity contribution in [2.75, 3.05) is 36.6 Å². The van der Waals surface area contributed by atoms with Crippen molar-refractivity contribution in [3.63, 3.8) is 0 Å². The Morgan fingerprint density at radius 1 is 1.37 bits per heavy atom. The maximum Gasteiger partial charge on any atom is 0.273 e. The number of halogens is 1. The van der Waals surface area contributed by atoms with Crippen LogP contribution in [-0.2, 0) is 14.5 Å². The standard InChI is InChI=1S/C17H21BrN8O3S/c1-20-17(28)13-10(7-12(25-26-13)23-16(27)8-4-5-8)22-15-11(30(3,29)21-2)6-9(18)14(19)24-15/h6-8H,4-5H2,1-3H3,(H,20,28)(H4,19,22,23,24,25,27)/t30-/m1/s1/i1D3. The van der Waals surface area contributed by atoms with Gasteiger partial charge in [0.05, 0.1) is 24.8 Å². The highest BCUT2D eigenvalue weighted by atomic mass is 79.9. The van der Waals surface area contributed by atoms with Gasteiger partial charge < -0.3 is 21.7 Å². The molecule has 11 nitrogen and oxygen atoms in total. The lowest BCUT2D eigenvalue weighted by Gasteiger charge is -2.16. The van der Waals surface area contributed by atoms with Crippen molar-refractivity contribution in [3.8, 4) is 0 Å². The summed E-state index contributed by atoms with van der Waals surface area (Å²) in [6.07, 6.45) is 2.92. The van der Waals surface area contributed by atoms with E-state index in [0.29, 0.717) is 4.47 Å². The van der Waals surface area contributed by atoms with Gasteiger partial charge >= 0.3 is 0 Å². The van der Waals surface area contributed by atoms with Crippen molar-refractivity contribution >= 4 is 60.6 Å². The second-order valence-corrected chi connectivity index (χ2v) is 9.79. The molecule has 0 aliphatic heterocycles. The van der Waals surface area contributed by atoms with Crippen molar-refractivity contribution in [3.05, 3.63) is 22.3 Å². The lowest BCUT2D eigenvalue weighted by molar-refractivity contribution is -0.117. The minimum absolute atomic E-state index is 0.00389. The van der Waals surface area contributed by atoms with Crippen molar-refractivity contribution in [1.29, 1.82) is 0 Å². The summed E-state index contributed by atoms with van der Waals surface area (Å²) in [6.45, 7) is -2.78. The lowest BCUT2D eigenvalue weighted by Crippen LogP contribution is -2.23. The van der Waals surface area contributed by atoms with Crippen LogP contribution in [0.2, 0.25) is 0 Å². The number of hydrogen-bond acceptors (Lipinski definition) is 9. The molecule has 0 unspecified atom stereocenters. The molecular weight excluding hydrogens is 476 g/mol. The molecule has 2 aromatic rings. The quantitative estimate of drug-likeness (QED) is 0.466. The van der Waals surface area contributed by atoms with E-state index in [0.717, 1.165) is 12.8 Å². The Labute approximate surface area is 186 Å². The predicted molar refractivity (Wildman–Crippen MR) is 117 cm³/mol. The summed E-state index contributed by atoms with van der Waals surface area (Å²) >= 11 is 3.24. The van der Waals surface area contributed by atoms with Gasteiger partial charge in [0, 0.05) is 36.4 Å². The van der Waals surface area contributed by atoms with E-state index in [1.807, 2.05) is 5.32 Å². The summed E-state index contributed by atoms with van der Waals surface area (Å²) in [6, 6.07) is 2.78. The molecule has 0 bridgehead atoms. The van der Waals surface area contributed by atoms with Crippen molar-refractivity contribution in [2.45, 2.75) is 17.7 Å². The van der Waals surface area contributed by atoms with E-state index in [-0.39, 0.29) is 45.6 Å². The van der Waals surface area contributed by atoms with E-state index in [2.05, 4.69) is 46.1 Å². The van der Waals surface area contributed by atoms with Crippen LogP contribution < -0.4 is 21.7 Å². The zero-order valence-electron chi connectivity index (χ0n) is 19.0. The van der Waals surface area contributed by atoms with Crippen molar-refractivity contribution in [1.82, 2.24) is 20.5 Å². The number of amides is 2. The third kappa shape index (κ3) is 4.67. The fourth-order valence-corrected chi connectivity index (χ4v) is 3.90. The van der Waals surface area contributed by atoms with Crippen LogP contribution in [0.25, 0.3) is 0 Å². The molecule has 0 spiro atoms. The van der Waals surface area contributed by atoms with Gasteiger partial charge in [-0.25, -0.2) is 13.6 Å². The zero-order valence-corrected chi connectivity index (χ0v) is 18.4. The molecule has 2 amide bonds. The fraction of sp³-hybridized carbons (Fsp3) is 0.353. The Balaban J connectivity index is 2.09. The number of rotatable bonds is 6. The van der Waals surface area contributed by atoms with Gasteiger partial charge in [0.15, 0.2) is 11.5 Å². The minimum atomic E-state index is -2.91. The van der Waals surface area contributed by atoms with Crippen LogP contribution in [0.1, 0.15) is 27.4 Å². The highest BCUT2D eigenvalue weighted by molar-refractivity contribution is 9.10. The third-order valence-corrected chi connectivity index (χ3v) is 6.76. The Kier molecular flexibility index (Phi) is 5.11. The monoisotopic (exact) mass is 499 g/mol. The van der Waals surface area contributed by atoms with E-state index in [9.17, 15) is 13.8 Å². The SMILES string of the molecule is [2H]C([2H])([2H])NC(=O)c1nnc(NC(=O)C2CC2)cc1Nc1nc(N)c(Br)cc1[S@@](C)(=O)=NC. The van der Waals surface area contributed by atoms with E-state index in [4.69, 9.17) is 9.85 Å². The number of pyridine rings is 1. The number of carbonyl (C=O) groups is 2. The van der Waals surface area contributed by atoms with E-state index in [1.54, 1.807) is 0 Å². The second-order valence-electron chi connectivity index (χ2n) is 6.52. The second kappa shape index (κ2) is 8.52. The number of anilines is 4. The summed E-state index contributed by atoms with van der Waals surface area (Å²) in [7, 11) is -1.53. The molecule has 160 valence electrons. The highest BCUT2D eigenvalue weighted by Gasteiger charge is 2.30. The Morgan fingerprint density at radius 2 is 2.10 bits per heavy atom. The number of nitrogens with one attached hydrogen (secondary N) is 3. The first-order chi connectivity index (χ1) is 15.3. The van der Waals surface area contributed by atoms with Gasteiger partial charge in [0.2, 0.25) is 5.91 Å². The van der Waals surface area contributed by atoms with Crippen molar-refractivity contribution in [2.24, 2.45) is 10.3 Å². The van der Waals surface area contributed by atoms with E-state index < -0.39 is 22.6 Å². The number of carbonyl (C=O) groups excluding carboxylic acids is 2. The summed E-state index contributed by atoms with van der Waals surface area (Å²) in [5.41, 5.74) is 5.45. The molecule has 2 aromatic heterocycles. The van der Waals surface area contributed by atoms with Crippen LogP contribution >= 0.6 is 15.9 Å². The van der Waals surface area contributed by atoms with Gasteiger partial charge in [-0.3, -0.25) is 9.59 Å². The predicted octanol–water partition coefficient (Wildman–Crippen LogP) is 1.75. The van der Waals surface area contributed by atoms with E-state index in [1.165, 1.54) is 25.4 Å². The van der Waals surface area contributed by atoms with Gasteiger partial charge in [-0.05, 0) is 34.8 Å². The summed E-state index contributed by atoms with van der Waals surface area (Å²) in [5, 5.41) is 14.9. The van der Waals surface area contributed by atoms with Gasteiger partial charge in [0.25, 0.3) is 5.91 Å². The van der Waals surface area contributed by atoms with Crippen LogP contribution in [-0.4, -0.2) is 51.5 Å². The molecule has 2 heterocycles. The average molecular weight is 500 g/mol. The van der Waals surface area contributed by atoms with Gasteiger partial charge in [0.1, 0.15) is 11.6 Å². The number of nitrogen functional groups attached to an aromatic ring is 1. The van der Waals surface area contributed by atoms with Crippen LogP contribution in [0, 0.1) is 5.92 Å². The summed E-state index contributed by atoms with van der Waals surface area (Å²) in [5.74, 6) is -1.31. The first kappa shape index (κ1) is 18.0. The van der Waals surface area contributed by atoms with Gasteiger partial charge in [-0.15, -0.1) is 10.2 Å². The van der Waals surface area contributed by atoms with Crippen molar-refractivity contribution < 1.29 is 17.9 Å². The molecule has 1 aliphatic carbocycles. The molecule has 13 heteroatoms. The zero-order chi connectivity index (χ0) is 24.6. The Morgan fingerprint density at radius 3 is 2.73 bits per heavy atom. The molecule has 3 rings (SSSR count). The molecule has 5 N–H and O–H groups in total.